The molecule has 134 valence electrons. The average Bonchev–Trinajstić information content (AvgIpc) is 2.56. The first-order valence-corrected chi connectivity index (χ1v) is 8.76. The minimum Gasteiger partial charge on any atom is -0.493 e. The SMILES string of the molecule is CCCCCCOc1cc(Cl)c(N=Nc2c(F)cccc2F)c(Cl)c1. The van der Waals surface area contributed by atoms with Crippen molar-refractivity contribution in [3.8, 4) is 5.75 Å². The maximum absolute atomic E-state index is 13.6. The van der Waals surface area contributed by atoms with Gasteiger partial charge in [0.05, 0.1) is 16.7 Å². The minimum atomic E-state index is -0.817. The topological polar surface area (TPSA) is 34.0 Å². The van der Waals surface area contributed by atoms with Crippen molar-refractivity contribution in [2.75, 3.05) is 6.61 Å². The van der Waals surface area contributed by atoms with Crippen molar-refractivity contribution in [1.82, 2.24) is 0 Å². The zero-order valence-corrected chi connectivity index (χ0v) is 15.2. The van der Waals surface area contributed by atoms with Crippen molar-refractivity contribution in [3.63, 3.8) is 0 Å². The number of nitrogens with zero attached hydrogens (tertiary/aromatic N) is 2. The monoisotopic (exact) mass is 386 g/mol. The Bertz CT molecular complexity index is 711. The molecule has 7 heteroatoms. The molecule has 0 N–H and O–H groups in total. The van der Waals surface area contributed by atoms with E-state index in [0.29, 0.717) is 12.4 Å². The molecule has 0 aliphatic rings. The first kappa shape index (κ1) is 19.6. The number of benzene rings is 2. The van der Waals surface area contributed by atoms with Crippen molar-refractivity contribution in [2.24, 2.45) is 10.2 Å². The number of hydrogen-bond acceptors (Lipinski definition) is 3. The van der Waals surface area contributed by atoms with Gasteiger partial charge in [-0.05, 0) is 18.6 Å². The van der Waals surface area contributed by atoms with E-state index in [0.717, 1.165) is 37.8 Å². The van der Waals surface area contributed by atoms with Crippen molar-refractivity contribution in [2.45, 2.75) is 32.6 Å². The second-order valence-corrected chi connectivity index (χ2v) is 6.23. The molecule has 0 amide bonds. The highest BCUT2D eigenvalue weighted by atomic mass is 35.5. The standard InChI is InChI=1S/C18H18Cl2F2N2O/c1-2-3-4-5-9-25-12-10-13(19)17(14(20)11-12)23-24-18-15(21)7-6-8-16(18)22/h6-8,10-11H,2-5,9H2,1H3. The summed E-state index contributed by atoms with van der Waals surface area (Å²) in [6.45, 7) is 2.70. The van der Waals surface area contributed by atoms with E-state index in [1.807, 2.05) is 0 Å². The van der Waals surface area contributed by atoms with Crippen LogP contribution in [0.2, 0.25) is 10.0 Å². The first-order valence-electron chi connectivity index (χ1n) is 8.00. The highest BCUT2D eigenvalue weighted by molar-refractivity contribution is 6.38. The molecule has 2 aromatic carbocycles. The summed E-state index contributed by atoms with van der Waals surface area (Å²) in [7, 11) is 0. The molecule has 0 aromatic heterocycles. The number of azo groups is 1. The predicted octanol–water partition coefficient (Wildman–Crippen LogP) is 7.65. The molecule has 25 heavy (non-hydrogen) atoms. The molecule has 0 saturated carbocycles. The van der Waals surface area contributed by atoms with Crippen LogP contribution >= 0.6 is 23.2 Å². The van der Waals surface area contributed by atoms with Gasteiger partial charge in [0.2, 0.25) is 0 Å². The van der Waals surface area contributed by atoms with Gasteiger partial charge in [-0.25, -0.2) is 8.78 Å². The maximum atomic E-state index is 13.6. The lowest BCUT2D eigenvalue weighted by Gasteiger charge is -2.08. The largest absolute Gasteiger partial charge is 0.493 e. The van der Waals surface area contributed by atoms with E-state index in [1.54, 1.807) is 12.1 Å². The summed E-state index contributed by atoms with van der Waals surface area (Å²) in [5.41, 5.74) is -0.366. The third kappa shape index (κ3) is 5.65. The summed E-state index contributed by atoms with van der Waals surface area (Å²) in [6.07, 6.45) is 4.35. The molecule has 0 atom stereocenters. The van der Waals surface area contributed by atoms with E-state index in [2.05, 4.69) is 17.2 Å². The van der Waals surface area contributed by atoms with E-state index in [-0.39, 0.29) is 15.7 Å². The van der Waals surface area contributed by atoms with Crippen molar-refractivity contribution in [1.29, 1.82) is 0 Å². The van der Waals surface area contributed by atoms with Gasteiger partial charge in [-0.3, -0.25) is 0 Å². The van der Waals surface area contributed by atoms with E-state index >= 15 is 0 Å². The van der Waals surface area contributed by atoms with Gasteiger partial charge in [-0.15, -0.1) is 10.2 Å². The molecule has 0 bridgehead atoms. The maximum Gasteiger partial charge on any atom is 0.157 e. The van der Waals surface area contributed by atoms with Crippen molar-refractivity contribution in [3.05, 3.63) is 52.0 Å². The molecule has 2 aromatic rings. The molecule has 0 aliphatic heterocycles. The molecular weight excluding hydrogens is 369 g/mol. The number of rotatable bonds is 8. The fourth-order valence-electron chi connectivity index (χ4n) is 2.12. The number of hydrogen-bond donors (Lipinski definition) is 0. The Morgan fingerprint density at radius 2 is 1.52 bits per heavy atom. The summed E-state index contributed by atoms with van der Waals surface area (Å²) in [5, 5.41) is 7.76. The van der Waals surface area contributed by atoms with Crippen LogP contribution in [0.25, 0.3) is 0 Å². The zero-order chi connectivity index (χ0) is 18.2. The number of unbranched alkanes of at least 4 members (excludes halogenated alkanes) is 3. The molecule has 2 rings (SSSR count). The normalized spacial score (nSPS) is 11.2. The van der Waals surface area contributed by atoms with Gasteiger partial charge in [0.25, 0.3) is 0 Å². The Morgan fingerprint density at radius 3 is 2.12 bits per heavy atom. The van der Waals surface area contributed by atoms with Gasteiger partial charge in [0, 0.05) is 12.1 Å². The fraction of sp³-hybridized carbons (Fsp3) is 0.333. The van der Waals surface area contributed by atoms with Crippen LogP contribution in [0.1, 0.15) is 32.6 Å². The van der Waals surface area contributed by atoms with Gasteiger partial charge in [0.1, 0.15) is 11.4 Å². The third-order valence-corrected chi connectivity index (χ3v) is 4.02. The van der Waals surface area contributed by atoms with Crippen LogP contribution < -0.4 is 4.74 Å². The lowest BCUT2D eigenvalue weighted by atomic mass is 10.2. The summed E-state index contributed by atoms with van der Waals surface area (Å²) in [4.78, 5) is 0. The lowest BCUT2D eigenvalue weighted by molar-refractivity contribution is 0.305. The quantitative estimate of drug-likeness (QED) is 0.338. The van der Waals surface area contributed by atoms with Crippen molar-refractivity contribution >= 4 is 34.6 Å². The number of ether oxygens (including phenoxy) is 1. The zero-order valence-electron chi connectivity index (χ0n) is 13.7. The van der Waals surface area contributed by atoms with Crippen LogP contribution in [0.15, 0.2) is 40.6 Å². The summed E-state index contributed by atoms with van der Waals surface area (Å²) < 4.78 is 32.7. The smallest absolute Gasteiger partial charge is 0.157 e. The lowest BCUT2D eigenvalue weighted by Crippen LogP contribution is -1.97. The Labute approximate surface area is 155 Å². The molecule has 0 heterocycles. The molecule has 0 fully saturated rings. The number of halogens is 4. The predicted molar refractivity (Wildman–Crippen MR) is 96.6 cm³/mol. The fourth-order valence-corrected chi connectivity index (χ4v) is 2.67. The van der Waals surface area contributed by atoms with Gasteiger partial charge in [0.15, 0.2) is 17.3 Å². The van der Waals surface area contributed by atoms with Gasteiger partial charge in [-0.1, -0.05) is 55.5 Å². The Kier molecular flexibility index (Phi) is 7.59. The Balaban J connectivity index is 2.11. The van der Waals surface area contributed by atoms with Crippen LogP contribution in [0.3, 0.4) is 0 Å². The van der Waals surface area contributed by atoms with Crippen molar-refractivity contribution < 1.29 is 13.5 Å². The van der Waals surface area contributed by atoms with E-state index in [4.69, 9.17) is 27.9 Å². The highest BCUT2D eigenvalue weighted by Gasteiger charge is 2.11. The molecule has 0 unspecified atom stereocenters. The molecule has 0 aliphatic carbocycles. The first-order chi connectivity index (χ1) is 12.0. The molecular formula is C18H18Cl2F2N2O. The van der Waals surface area contributed by atoms with Gasteiger partial charge >= 0.3 is 0 Å². The van der Waals surface area contributed by atoms with E-state index in [1.165, 1.54) is 6.07 Å². The Morgan fingerprint density at radius 1 is 0.920 bits per heavy atom. The average molecular weight is 387 g/mol. The van der Waals surface area contributed by atoms with Crippen LogP contribution in [-0.4, -0.2) is 6.61 Å². The molecule has 3 nitrogen and oxygen atoms in total. The van der Waals surface area contributed by atoms with Gasteiger partial charge in [-0.2, -0.15) is 0 Å². The van der Waals surface area contributed by atoms with Crippen LogP contribution in [-0.2, 0) is 0 Å². The van der Waals surface area contributed by atoms with E-state index in [9.17, 15) is 8.78 Å². The van der Waals surface area contributed by atoms with Gasteiger partial charge < -0.3 is 4.74 Å². The minimum absolute atomic E-state index is 0.129. The highest BCUT2D eigenvalue weighted by Crippen LogP contribution is 2.38. The summed E-state index contributed by atoms with van der Waals surface area (Å²) >= 11 is 12.3. The molecule has 0 spiro atoms. The van der Waals surface area contributed by atoms with E-state index < -0.39 is 17.3 Å². The molecule has 0 radical (unpaired) electrons. The second-order valence-electron chi connectivity index (χ2n) is 5.41. The van der Waals surface area contributed by atoms with Crippen LogP contribution in [0, 0.1) is 11.6 Å². The summed E-state index contributed by atoms with van der Waals surface area (Å²) in [5.74, 6) is -1.12. The van der Waals surface area contributed by atoms with Crippen LogP contribution in [0.5, 0.6) is 5.75 Å². The van der Waals surface area contributed by atoms with Crippen LogP contribution in [0.4, 0.5) is 20.2 Å². The summed E-state index contributed by atoms with van der Waals surface area (Å²) in [6, 6.07) is 6.54. The second kappa shape index (κ2) is 9.68. The Hall–Kier alpha value is -1.72. The third-order valence-electron chi connectivity index (χ3n) is 3.44. The molecule has 0 saturated heterocycles.